The molecular weight excluding hydrogens is 682 g/mol. The summed E-state index contributed by atoms with van der Waals surface area (Å²) in [6.07, 6.45) is 6.00. The van der Waals surface area contributed by atoms with Gasteiger partial charge in [0.25, 0.3) is 5.91 Å². The first-order valence-electron chi connectivity index (χ1n) is 16.9. The summed E-state index contributed by atoms with van der Waals surface area (Å²) in [6, 6.07) is 5.12. The summed E-state index contributed by atoms with van der Waals surface area (Å²) in [5, 5.41) is 21.6. The van der Waals surface area contributed by atoms with Crippen LogP contribution in [0.15, 0.2) is 46.6 Å². The van der Waals surface area contributed by atoms with Gasteiger partial charge in [-0.3, -0.25) is 19.3 Å². The van der Waals surface area contributed by atoms with Crippen LogP contribution in [0.1, 0.15) is 53.3 Å². The van der Waals surface area contributed by atoms with Crippen molar-refractivity contribution in [3.63, 3.8) is 0 Å². The number of methoxy groups -OCH3 is 1. The minimum atomic E-state index is -1.38. The summed E-state index contributed by atoms with van der Waals surface area (Å²) in [5.74, 6) is -3.29. The molecule has 3 aliphatic heterocycles. The average Bonchev–Trinajstić information content (AvgIpc) is 3.63. The molecule has 2 atom stereocenters. The van der Waals surface area contributed by atoms with Crippen molar-refractivity contribution in [2.24, 2.45) is 11.1 Å². The lowest BCUT2D eigenvalue weighted by Crippen LogP contribution is -2.49. The molecule has 1 saturated carbocycles. The Labute approximate surface area is 294 Å². The van der Waals surface area contributed by atoms with Gasteiger partial charge in [0, 0.05) is 37.4 Å². The minimum Gasteiger partial charge on any atom is -0.492 e. The lowest BCUT2D eigenvalue weighted by molar-refractivity contribution is -0.136. The number of aromatic carboxylic acids is 1. The monoisotopic (exact) mass is 716 g/mol. The van der Waals surface area contributed by atoms with E-state index in [2.05, 4.69) is 15.5 Å². The van der Waals surface area contributed by atoms with Gasteiger partial charge in [0.05, 0.1) is 42.5 Å². The molecule has 2 amide bonds. The molecule has 0 radical (unpaired) electrons. The molecule has 4 aliphatic rings. The lowest BCUT2D eigenvalue weighted by Gasteiger charge is -2.36. The molecule has 52 heavy (non-hydrogen) atoms. The number of oxime groups is 1. The second-order valence-corrected chi connectivity index (χ2v) is 13.5. The van der Waals surface area contributed by atoms with Crippen LogP contribution in [0.3, 0.4) is 0 Å². The van der Waals surface area contributed by atoms with E-state index in [-0.39, 0.29) is 65.2 Å². The smallest absolute Gasteiger partial charge is 0.341 e. The van der Waals surface area contributed by atoms with E-state index in [4.69, 9.17) is 9.57 Å². The molecule has 2 saturated heterocycles. The van der Waals surface area contributed by atoms with Crippen LogP contribution in [0.2, 0.25) is 0 Å². The van der Waals surface area contributed by atoms with Crippen LogP contribution in [-0.2, 0) is 27.5 Å². The molecule has 270 valence electrons. The third-order valence-corrected chi connectivity index (χ3v) is 10.3. The fraction of sp³-hybridized carbons (Fsp3) is 0.400. The zero-order valence-electron chi connectivity index (χ0n) is 28.3. The maximum Gasteiger partial charge on any atom is 0.341 e. The topological polar surface area (TPSA) is 165 Å². The van der Waals surface area contributed by atoms with Crippen LogP contribution in [0, 0.1) is 17.6 Å². The Bertz CT molecular complexity index is 2250. The number of nitrogens with zero attached hydrogens (tertiary/aromatic N) is 8. The van der Waals surface area contributed by atoms with Crippen molar-refractivity contribution in [1.29, 1.82) is 0 Å². The van der Waals surface area contributed by atoms with Gasteiger partial charge in [-0.2, -0.15) is 0 Å². The number of anilines is 2. The number of carbonyl (C=O) groups excluding carboxylic acids is 2. The van der Waals surface area contributed by atoms with Gasteiger partial charge >= 0.3 is 5.97 Å². The van der Waals surface area contributed by atoms with Gasteiger partial charge in [0.2, 0.25) is 11.3 Å². The third kappa shape index (κ3) is 5.41. The number of benzene rings is 2. The van der Waals surface area contributed by atoms with Crippen molar-refractivity contribution in [2.75, 3.05) is 43.7 Å². The molecule has 0 unspecified atom stereocenters. The lowest BCUT2D eigenvalue weighted by atomic mass is 9.92. The number of aromatic nitrogens is 4. The summed E-state index contributed by atoms with van der Waals surface area (Å²) in [5.41, 5.74) is -0.0334. The number of carboxylic acids is 1. The van der Waals surface area contributed by atoms with Crippen molar-refractivity contribution < 1.29 is 37.8 Å². The molecule has 1 aliphatic carbocycles. The zero-order valence-corrected chi connectivity index (χ0v) is 28.3. The second kappa shape index (κ2) is 12.7. The summed E-state index contributed by atoms with van der Waals surface area (Å²) in [6.45, 7) is 0.993. The van der Waals surface area contributed by atoms with Gasteiger partial charge in [-0.15, -0.1) is 5.10 Å². The maximum atomic E-state index is 16.1. The number of hydrogen-bond acceptors (Lipinski definition) is 10. The van der Waals surface area contributed by atoms with E-state index in [1.54, 1.807) is 15.5 Å². The van der Waals surface area contributed by atoms with Gasteiger partial charge in [0.15, 0.2) is 17.3 Å². The van der Waals surface area contributed by atoms with Gasteiger partial charge in [0.1, 0.15) is 36.4 Å². The number of carbonyl (C=O) groups is 3. The quantitative estimate of drug-likeness (QED) is 0.255. The van der Waals surface area contributed by atoms with Crippen LogP contribution in [0.5, 0.6) is 5.75 Å². The number of rotatable bonds is 9. The number of para-hydroxylation sites is 1. The number of pyridine rings is 1. The molecular formula is C35H34F2N8O7. The molecule has 4 aromatic rings. The second-order valence-electron chi connectivity index (χ2n) is 13.5. The molecule has 2 aromatic carbocycles. The standard InChI is InChI=1S/C35H34F2N8O7/c1-51-33-30-22(32(47)23(35(49)50)15-44(30)20-8-9-20)11-25(37)31(33)41-12-18-5-4-10-43(26(18)16-41)27(46)17-42-13-19(38-40-42)14-45-29-21(6-3-7-24(29)36)28(34(45)48)39-52-2/h3,6-7,11,13,15,18,20,26H,4-5,8-10,12,14,16-17H2,1-2H3,(H,49,50)/b39-28+/t18-,26+/m1/s1. The van der Waals surface area contributed by atoms with E-state index in [1.807, 2.05) is 4.90 Å². The highest BCUT2D eigenvalue weighted by molar-refractivity contribution is 6.54. The van der Waals surface area contributed by atoms with Crippen molar-refractivity contribution >= 4 is 45.8 Å². The Morgan fingerprint density at radius 1 is 1.06 bits per heavy atom. The molecule has 5 heterocycles. The number of piperidine rings is 1. The molecule has 3 fully saturated rings. The molecule has 15 nitrogen and oxygen atoms in total. The number of carboxylic acid groups (broad SMARTS) is 1. The van der Waals surface area contributed by atoms with Crippen LogP contribution >= 0.6 is 0 Å². The SMILES string of the molecule is CO/N=C1/C(=O)N(Cc2cn(CC(=O)N3CCC[C@@H]4CN(c5c(F)cc6c(=O)c(C(=O)O)cn(C7CC7)c6c5OC)C[C@@H]43)nn2)c2c(F)cccc21. The molecule has 0 spiro atoms. The first kappa shape index (κ1) is 33.3. The van der Waals surface area contributed by atoms with E-state index >= 15 is 4.39 Å². The third-order valence-electron chi connectivity index (χ3n) is 10.3. The van der Waals surface area contributed by atoms with Crippen LogP contribution in [0.4, 0.5) is 20.2 Å². The Morgan fingerprint density at radius 3 is 2.60 bits per heavy atom. The van der Waals surface area contributed by atoms with E-state index in [0.717, 1.165) is 31.7 Å². The predicted molar refractivity (Wildman–Crippen MR) is 182 cm³/mol. The van der Waals surface area contributed by atoms with E-state index < -0.39 is 34.5 Å². The largest absolute Gasteiger partial charge is 0.492 e. The summed E-state index contributed by atoms with van der Waals surface area (Å²) in [4.78, 5) is 61.6. The fourth-order valence-electron chi connectivity index (χ4n) is 7.93. The summed E-state index contributed by atoms with van der Waals surface area (Å²) >= 11 is 0. The Kier molecular flexibility index (Phi) is 8.14. The first-order valence-corrected chi connectivity index (χ1v) is 16.9. The highest BCUT2D eigenvalue weighted by Gasteiger charge is 2.43. The van der Waals surface area contributed by atoms with Crippen molar-refractivity contribution in [3.05, 3.63) is 75.3 Å². The average molecular weight is 717 g/mol. The number of fused-ring (bicyclic) bond motifs is 3. The van der Waals surface area contributed by atoms with Crippen molar-refractivity contribution in [3.8, 4) is 5.75 Å². The van der Waals surface area contributed by atoms with E-state index in [0.29, 0.717) is 36.4 Å². The fourth-order valence-corrected chi connectivity index (χ4v) is 7.93. The Hall–Kier alpha value is -5.87. The highest BCUT2D eigenvalue weighted by Crippen LogP contribution is 2.45. The van der Waals surface area contributed by atoms with E-state index in [9.17, 15) is 28.7 Å². The van der Waals surface area contributed by atoms with Gasteiger partial charge in [-0.1, -0.05) is 22.5 Å². The molecule has 1 N–H and O–H groups in total. The highest BCUT2D eigenvalue weighted by atomic mass is 19.1. The minimum absolute atomic E-state index is 0.0305. The number of likely N-dealkylation sites (tertiary alicyclic amines) is 1. The van der Waals surface area contributed by atoms with Crippen LogP contribution in [0.25, 0.3) is 10.9 Å². The first-order chi connectivity index (χ1) is 25.1. The number of amides is 2. The number of halogens is 2. The van der Waals surface area contributed by atoms with Crippen molar-refractivity contribution in [2.45, 2.75) is 50.9 Å². The normalized spacial score (nSPS) is 20.5. The molecule has 17 heteroatoms. The van der Waals surface area contributed by atoms with Gasteiger partial charge in [-0.05, 0) is 43.7 Å². The number of hydrogen-bond donors (Lipinski definition) is 1. The van der Waals surface area contributed by atoms with Crippen LogP contribution < -0.4 is 20.0 Å². The maximum absolute atomic E-state index is 16.1. The zero-order chi connectivity index (χ0) is 36.4. The van der Waals surface area contributed by atoms with Gasteiger partial charge < -0.3 is 29.0 Å². The number of ether oxygens (including phenoxy) is 1. The Morgan fingerprint density at radius 2 is 1.87 bits per heavy atom. The molecule has 0 bridgehead atoms. The van der Waals surface area contributed by atoms with Crippen molar-refractivity contribution in [1.82, 2.24) is 24.5 Å². The Balaban J connectivity index is 1.02. The van der Waals surface area contributed by atoms with Crippen LogP contribution in [-0.4, -0.2) is 93.0 Å². The summed E-state index contributed by atoms with van der Waals surface area (Å²) in [7, 11) is 2.70. The molecule has 2 aromatic heterocycles. The van der Waals surface area contributed by atoms with E-state index in [1.165, 1.54) is 48.3 Å². The summed E-state index contributed by atoms with van der Waals surface area (Å²) < 4.78 is 39.8. The molecule has 8 rings (SSSR count). The predicted octanol–water partition coefficient (Wildman–Crippen LogP) is 2.94. The van der Waals surface area contributed by atoms with Gasteiger partial charge in [-0.25, -0.2) is 18.3 Å².